The average Bonchev–Trinajstić information content (AvgIpc) is 2.75. The smallest absolute Gasteiger partial charge is 0.187 e. The molecule has 7 heteroatoms. The molecule has 0 radical (unpaired) electrons. The summed E-state index contributed by atoms with van der Waals surface area (Å²) in [6.07, 6.45) is 4.49. The number of nitrogens with zero attached hydrogens (tertiary/aromatic N) is 4. The molecule has 6 nitrogen and oxygen atoms in total. The second kappa shape index (κ2) is 7.68. The summed E-state index contributed by atoms with van der Waals surface area (Å²) in [4.78, 5) is 4.23. The van der Waals surface area contributed by atoms with Gasteiger partial charge in [-0.2, -0.15) is 5.26 Å². The van der Waals surface area contributed by atoms with Crippen LogP contribution in [0.1, 0.15) is 23.2 Å². The number of aromatic nitrogens is 2. The van der Waals surface area contributed by atoms with Gasteiger partial charge in [0, 0.05) is 29.8 Å². The number of rotatable bonds is 4. The van der Waals surface area contributed by atoms with Crippen LogP contribution >= 0.6 is 0 Å². The first-order valence-corrected chi connectivity index (χ1v) is 9.11. The molecule has 0 atom stereocenters. The van der Waals surface area contributed by atoms with Crippen LogP contribution in [0.2, 0.25) is 0 Å². The molecule has 29 heavy (non-hydrogen) atoms. The zero-order chi connectivity index (χ0) is 20.4. The van der Waals surface area contributed by atoms with Crippen LogP contribution in [0.4, 0.5) is 15.8 Å². The van der Waals surface area contributed by atoms with Gasteiger partial charge in [0.25, 0.3) is 0 Å². The summed E-state index contributed by atoms with van der Waals surface area (Å²) in [5.41, 5.74) is 4.08. The van der Waals surface area contributed by atoms with Gasteiger partial charge >= 0.3 is 0 Å². The van der Waals surface area contributed by atoms with E-state index in [9.17, 15) is 9.65 Å². The minimum Gasteiger partial charge on any atom is -0.496 e. The Morgan fingerprint density at radius 3 is 2.76 bits per heavy atom. The number of hydrogen-bond acceptors (Lipinski definition) is 6. The van der Waals surface area contributed by atoms with E-state index in [2.05, 4.69) is 20.5 Å². The molecule has 0 bridgehead atoms. The maximum absolute atomic E-state index is 14.4. The van der Waals surface area contributed by atoms with E-state index in [-0.39, 0.29) is 11.4 Å². The predicted octanol–water partition coefficient (Wildman–Crippen LogP) is 4.56. The van der Waals surface area contributed by atoms with Gasteiger partial charge in [-0.3, -0.25) is 4.99 Å². The van der Waals surface area contributed by atoms with Gasteiger partial charge < -0.3 is 10.1 Å². The first-order chi connectivity index (χ1) is 14.1. The van der Waals surface area contributed by atoms with Crippen molar-refractivity contribution >= 4 is 34.1 Å². The van der Waals surface area contributed by atoms with Gasteiger partial charge in [-0.15, -0.1) is 10.2 Å². The van der Waals surface area contributed by atoms with Crippen molar-refractivity contribution in [2.45, 2.75) is 13.3 Å². The number of ether oxygens (including phenoxy) is 1. The van der Waals surface area contributed by atoms with Crippen molar-refractivity contribution in [2.75, 3.05) is 19.0 Å². The number of aryl methyl sites for hydroxylation is 1. The van der Waals surface area contributed by atoms with Crippen molar-refractivity contribution in [2.24, 2.45) is 4.99 Å². The number of anilines is 2. The lowest BCUT2D eigenvalue weighted by atomic mass is 9.97. The number of hydrogen-bond donors (Lipinski definition) is 1. The minimum atomic E-state index is -0.404. The van der Waals surface area contributed by atoms with Gasteiger partial charge in [0.05, 0.1) is 24.0 Å². The summed E-state index contributed by atoms with van der Waals surface area (Å²) >= 11 is 0. The van der Waals surface area contributed by atoms with Crippen molar-refractivity contribution < 1.29 is 9.13 Å². The van der Waals surface area contributed by atoms with Crippen molar-refractivity contribution in [1.29, 1.82) is 5.26 Å². The topological polar surface area (TPSA) is 83.2 Å². The second-order valence-electron chi connectivity index (χ2n) is 6.71. The Bertz CT molecular complexity index is 1210. The first-order valence-electron chi connectivity index (χ1n) is 9.11. The van der Waals surface area contributed by atoms with E-state index in [1.165, 1.54) is 6.07 Å². The van der Waals surface area contributed by atoms with Crippen LogP contribution in [0.25, 0.3) is 16.5 Å². The Morgan fingerprint density at radius 1 is 1.21 bits per heavy atom. The molecule has 0 saturated heterocycles. The fourth-order valence-corrected chi connectivity index (χ4v) is 3.32. The summed E-state index contributed by atoms with van der Waals surface area (Å²) in [5, 5.41) is 21.4. The van der Waals surface area contributed by atoms with Gasteiger partial charge in [0.15, 0.2) is 5.69 Å². The number of fused-ring (bicyclic) bond motifs is 1. The van der Waals surface area contributed by atoms with Gasteiger partial charge in [0.2, 0.25) is 0 Å². The molecule has 4 rings (SSSR count). The third-order valence-corrected chi connectivity index (χ3v) is 4.81. The molecule has 3 aromatic rings. The molecular weight excluding hydrogens is 369 g/mol. The number of benzene rings is 2. The number of methoxy groups -OCH3 is 1. The highest BCUT2D eigenvalue weighted by Crippen LogP contribution is 2.37. The summed E-state index contributed by atoms with van der Waals surface area (Å²) in [6, 6.07) is 10.6. The summed E-state index contributed by atoms with van der Waals surface area (Å²) in [6.45, 7) is 2.52. The van der Waals surface area contributed by atoms with Gasteiger partial charge in [-0.25, -0.2) is 4.39 Å². The maximum Gasteiger partial charge on any atom is 0.187 e. The molecular formula is C22H18FN5O. The van der Waals surface area contributed by atoms with E-state index in [0.717, 1.165) is 23.1 Å². The van der Waals surface area contributed by atoms with Gasteiger partial charge in [0.1, 0.15) is 17.6 Å². The Morgan fingerprint density at radius 2 is 2.07 bits per heavy atom. The average molecular weight is 387 g/mol. The van der Waals surface area contributed by atoms with Crippen LogP contribution in [-0.2, 0) is 0 Å². The highest BCUT2D eigenvalue weighted by Gasteiger charge is 2.18. The standard InChI is InChI=1S/C22H18FN5O/c1-13-3-4-18(17(23)9-13)26-22-16-10-15(14-5-7-25-8-6-14)21(29-2)11-19(16)27-28-20(22)12-24/h3-5,7,9-11H,6,8H2,1-2H3,(H,26,27). The second-order valence-corrected chi connectivity index (χ2v) is 6.71. The number of aliphatic imine (C=N–C) groups is 1. The molecule has 0 fully saturated rings. The fourth-order valence-electron chi connectivity index (χ4n) is 3.32. The molecule has 0 saturated carbocycles. The molecule has 1 N–H and O–H groups in total. The monoisotopic (exact) mass is 387 g/mol. The number of nitrogens with one attached hydrogen (secondary N) is 1. The van der Waals surface area contributed by atoms with Crippen LogP contribution in [0.3, 0.4) is 0 Å². The van der Waals surface area contributed by atoms with Crippen LogP contribution in [-0.4, -0.2) is 30.1 Å². The summed E-state index contributed by atoms with van der Waals surface area (Å²) in [5.74, 6) is 0.254. The van der Waals surface area contributed by atoms with Crippen molar-refractivity contribution in [3.05, 3.63) is 59.0 Å². The van der Waals surface area contributed by atoms with Gasteiger partial charge in [-0.1, -0.05) is 6.07 Å². The van der Waals surface area contributed by atoms with E-state index in [1.807, 2.05) is 25.1 Å². The number of nitriles is 1. The molecule has 2 aromatic carbocycles. The van der Waals surface area contributed by atoms with Crippen LogP contribution < -0.4 is 10.1 Å². The van der Waals surface area contributed by atoms with E-state index < -0.39 is 5.82 Å². The third kappa shape index (κ3) is 3.52. The molecule has 0 spiro atoms. The van der Waals surface area contributed by atoms with Crippen molar-refractivity contribution in [3.8, 4) is 11.8 Å². The molecule has 0 aliphatic carbocycles. The van der Waals surface area contributed by atoms with E-state index in [1.54, 1.807) is 31.5 Å². The molecule has 1 aliphatic rings. The van der Waals surface area contributed by atoms with Crippen LogP contribution in [0.5, 0.6) is 5.75 Å². The fraction of sp³-hybridized carbons (Fsp3) is 0.182. The summed E-state index contributed by atoms with van der Waals surface area (Å²) < 4.78 is 20.0. The molecule has 0 amide bonds. The Kier molecular flexibility index (Phi) is 4.92. The Labute approximate surface area is 167 Å². The highest BCUT2D eigenvalue weighted by atomic mass is 19.1. The largest absolute Gasteiger partial charge is 0.496 e. The number of allylic oxidation sites excluding steroid dienone is 1. The lowest BCUT2D eigenvalue weighted by molar-refractivity contribution is 0.414. The zero-order valence-electron chi connectivity index (χ0n) is 16.0. The van der Waals surface area contributed by atoms with Crippen LogP contribution in [0.15, 0.2) is 41.4 Å². The van der Waals surface area contributed by atoms with Gasteiger partial charge in [-0.05, 0) is 48.8 Å². The molecule has 144 valence electrons. The molecule has 1 aliphatic heterocycles. The SMILES string of the molecule is COc1cc2nnc(C#N)c(Nc3ccc(C)cc3F)c2cc1C1=CC=NCC1. The van der Waals surface area contributed by atoms with E-state index >= 15 is 0 Å². The van der Waals surface area contributed by atoms with Crippen LogP contribution in [0, 0.1) is 24.1 Å². The zero-order valence-corrected chi connectivity index (χ0v) is 16.0. The van der Waals surface area contributed by atoms with E-state index in [0.29, 0.717) is 28.9 Å². The molecule has 0 unspecified atom stereocenters. The maximum atomic E-state index is 14.4. The summed E-state index contributed by atoms with van der Waals surface area (Å²) in [7, 11) is 1.60. The normalized spacial score (nSPS) is 13.1. The minimum absolute atomic E-state index is 0.0905. The van der Waals surface area contributed by atoms with E-state index in [4.69, 9.17) is 4.74 Å². The predicted molar refractivity (Wildman–Crippen MR) is 111 cm³/mol. The Balaban J connectivity index is 1.93. The van der Waals surface area contributed by atoms with Crippen molar-refractivity contribution in [1.82, 2.24) is 10.2 Å². The molecule has 1 aromatic heterocycles. The number of halogens is 1. The van der Waals surface area contributed by atoms with Crippen molar-refractivity contribution in [3.63, 3.8) is 0 Å². The molecule has 2 heterocycles. The Hall–Kier alpha value is -3.79. The first kappa shape index (κ1) is 18.6. The highest BCUT2D eigenvalue weighted by molar-refractivity contribution is 5.99. The third-order valence-electron chi connectivity index (χ3n) is 4.81. The lowest BCUT2D eigenvalue weighted by Gasteiger charge is -2.17. The number of dihydropyridines is 1. The quantitative estimate of drug-likeness (QED) is 0.710. The lowest BCUT2D eigenvalue weighted by Crippen LogP contribution is -2.03.